The van der Waals surface area contributed by atoms with Crippen molar-refractivity contribution in [3.63, 3.8) is 0 Å². The third-order valence-corrected chi connectivity index (χ3v) is 2.12. The van der Waals surface area contributed by atoms with E-state index in [0.717, 1.165) is 5.56 Å². The first kappa shape index (κ1) is 12.0. The van der Waals surface area contributed by atoms with Crippen molar-refractivity contribution in [2.75, 3.05) is 6.54 Å². The molecule has 0 saturated carbocycles. The van der Waals surface area contributed by atoms with Crippen LogP contribution < -0.4 is 5.32 Å². The van der Waals surface area contributed by atoms with Crippen molar-refractivity contribution in [2.24, 2.45) is 0 Å². The number of hydrogen-bond donors (Lipinski definition) is 2. The molecule has 0 bridgehead atoms. The first-order chi connectivity index (χ1) is 7.08. The maximum atomic E-state index is 11.3. The molecule has 0 aliphatic heterocycles. The van der Waals surface area contributed by atoms with Crippen molar-refractivity contribution >= 4 is 17.5 Å². The quantitative estimate of drug-likeness (QED) is 0.817. The summed E-state index contributed by atoms with van der Waals surface area (Å²) >= 11 is 5.72. The highest BCUT2D eigenvalue weighted by Crippen LogP contribution is 2.09. The summed E-state index contributed by atoms with van der Waals surface area (Å²) in [6.45, 7) is 1.91. The SMILES string of the molecule is CC(O)CNC(=O)Cc1ccc(Cl)cc1. The minimum absolute atomic E-state index is 0.0989. The lowest BCUT2D eigenvalue weighted by Crippen LogP contribution is -2.31. The Kier molecular flexibility index (Phi) is 4.59. The zero-order valence-corrected chi connectivity index (χ0v) is 9.29. The van der Waals surface area contributed by atoms with Crippen LogP contribution in [0.2, 0.25) is 5.02 Å². The maximum absolute atomic E-state index is 11.3. The van der Waals surface area contributed by atoms with Crippen molar-refractivity contribution in [3.05, 3.63) is 34.9 Å². The minimum Gasteiger partial charge on any atom is -0.392 e. The lowest BCUT2D eigenvalue weighted by Gasteiger charge is -2.06. The van der Waals surface area contributed by atoms with Crippen molar-refractivity contribution in [3.8, 4) is 0 Å². The molecule has 1 amide bonds. The van der Waals surface area contributed by atoms with Gasteiger partial charge in [-0.3, -0.25) is 4.79 Å². The van der Waals surface area contributed by atoms with Gasteiger partial charge in [-0.25, -0.2) is 0 Å². The van der Waals surface area contributed by atoms with Crippen molar-refractivity contribution < 1.29 is 9.90 Å². The van der Waals surface area contributed by atoms with Gasteiger partial charge >= 0.3 is 0 Å². The molecule has 0 radical (unpaired) electrons. The number of aliphatic hydroxyl groups excluding tert-OH is 1. The van der Waals surface area contributed by atoms with E-state index in [1.165, 1.54) is 0 Å². The van der Waals surface area contributed by atoms with E-state index in [1.807, 2.05) is 12.1 Å². The molecule has 3 nitrogen and oxygen atoms in total. The van der Waals surface area contributed by atoms with E-state index in [-0.39, 0.29) is 12.5 Å². The molecule has 1 aromatic rings. The summed E-state index contributed by atoms with van der Waals surface area (Å²) in [5, 5.41) is 12.3. The second-order valence-electron chi connectivity index (χ2n) is 3.46. The fourth-order valence-corrected chi connectivity index (χ4v) is 1.24. The highest BCUT2D eigenvalue weighted by molar-refractivity contribution is 6.30. The standard InChI is InChI=1S/C11H14ClNO2/c1-8(14)7-13-11(15)6-9-2-4-10(12)5-3-9/h2-5,8,14H,6-7H2,1H3,(H,13,15). The van der Waals surface area contributed by atoms with Gasteiger partial charge in [0.25, 0.3) is 0 Å². The number of amides is 1. The van der Waals surface area contributed by atoms with E-state index < -0.39 is 6.10 Å². The van der Waals surface area contributed by atoms with Crippen LogP contribution in [-0.2, 0) is 11.2 Å². The molecule has 1 aromatic carbocycles. The van der Waals surface area contributed by atoms with Crippen LogP contribution in [0.25, 0.3) is 0 Å². The Bertz CT molecular complexity index is 322. The average molecular weight is 228 g/mol. The van der Waals surface area contributed by atoms with Gasteiger partial charge in [-0.15, -0.1) is 0 Å². The summed E-state index contributed by atoms with van der Waals surface area (Å²) in [7, 11) is 0. The Hall–Kier alpha value is -1.06. The molecule has 0 aromatic heterocycles. The van der Waals surface area contributed by atoms with Crippen LogP contribution in [0.1, 0.15) is 12.5 Å². The lowest BCUT2D eigenvalue weighted by molar-refractivity contribution is -0.120. The van der Waals surface area contributed by atoms with Gasteiger partial charge in [0.1, 0.15) is 0 Å². The van der Waals surface area contributed by atoms with Gasteiger partial charge in [-0.2, -0.15) is 0 Å². The molecule has 0 fully saturated rings. The molecular formula is C11H14ClNO2. The Morgan fingerprint density at radius 3 is 2.60 bits per heavy atom. The first-order valence-electron chi connectivity index (χ1n) is 4.77. The number of nitrogens with one attached hydrogen (secondary N) is 1. The number of carbonyl (C=O) groups excluding carboxylic acids is 1. The molecule has 0 aliphatic carbocycles. The smallest absolute Gasteiger partial charge is 0.224 e. The van der Waals surface area contributed by atoms with Crippen molar-refractivity contribution in [2.45, 2.75) is 19.4 Å². The second-order valence-corrected chi connectivity index (χ2v) is 3.89. The molecule has 2 N–H and O–H groups in total. The second kappa shape index (κ2) is 5.73. The van der Waals surface area contributed by atoms with Gasteiger partial charge in [-0.05, 0) is 24.6 Å². The van der Waals surface area contributed by atoms with Gasteiger partial charge in [-0.1, -0.05) is 23.7 Å². The van der Waals surface area contributed by atoms with Crippen molar-refractivity contribution in [1.82, 2.24) is 5.32 Å². The molecule has 1 atom stereocenters. The summed E-state index contributed by atoms with van der Waals surface area (Å²) in [5.74, 6) is -0.0989. The molecule has 4 heteroatoms. The van der Waals surface area contributed by atoms with Crippen LogP contribution in [-0.4, -0.2) is 23.7 Å². The molecule has 82 valence electrons. The summed E-state index contributed by atoms with van der Waals surface area (Å²) in [4.78, 5) is 11.3. The molecule has 0 heterocycles. The maximum Gasteiger partial charge on any atom is 0.224 e. The molecule has 1 unspecified atom stereocenters. The van der Waals surface area contributed by atoms with Crippen LogP contribution >= 0.6 is 11.6 Å². The van der Waals surface area contributed by atoms with Crippen LogP contribution in [0.5, 0.6) is 0 Å². The summed E-state index contributed by atoms with van der Waals surface area (Å²) in [6, 6.07) is 7.12. The number of rotatable bonds is 4. The van der Waals surface area contributed by atoms with Gasteiger partial charge in [0.05, 0.1) is 12.5 Å². The highest BCUT2D eigenvalue weighted by Gasteiger charge is 2.04. The number of carbonyl (C=O) groups is 1. The van der Waals surface area contributed by atoms with Crippen LogP contribution in [0.3, 0.4) is 0 Å². The highest BCUT2D eigenvalue weighted by atomic mass is 35.5. The fourth-order valence-electron chi connectivity index (χ4n) is 1.11. The molecular weight excluding hydrogens is 214 g/mol. The molecule has 0 aliphatic rings. The molecule has 0 spiro atoms. The summed E-state index contributed by atoms with van der Waals surface area (Å²) in [5.41, 5.74) is 0.905. The normalized spacial score (nSPS) is 12.2. The van der Waals surface area contributed by atoms with Gasteiger partial charge in [0, 0.05) is 11.6 Å². The van der Waals surface area contributed by atoms with E-state index >= 15 is 0 Å². The monoisotopic (exact) mass is 227 g/mol. The topological polar surface area (TPSA) is 49.3 Å². The lowest BCUT2D eigenvalue weighted by atomic mass is 10.1. The molecule has 1 rings (SSSR count). The number of benzene rings is 1. The van der Waals surface area contributed by atoms with Gasteiger partial charge < -0.3 is 10.4 Å². The third kappa shape index (κ3) is 4.81. The van der Waals surface area contributed by atoms with Gasteiger partial charge in [0.2, 0.25) is 5.91 Å². The number of halogens is 1. The largest absolute Gasteiger partial charge is 0.392 e. The molecule has 0 saturated heterocycles. The van der Waals surface area contributed by atoms with Crippen LogP contribution in [0.4, 0.5) is 0 Å². The van der Waals surface area contributed by atoms with Gasteiger partial charge in [0.15, 0.2) is 0 Å². The Labute approximate surface area is 94.1 Å². The van der Waals surface area contributed by atoms with Crippen LogP contribution in [0.15, 0.2) is 24.3 Å². The zero-order chi connectivity index (χ0) is 11.3. The average Bonchev–Trinajstić information content (AvgIpc) is 2.19. The Morgan fingerprint density at radius 1 is 1.47 bits per heavy atom. The predicted molar refractivity (Wildman–Crippen MR) is 59.8 cm³/mol. The molecule has 15 heavy (non-hydrogen) atoms. The summed E-state index contributed by atoms with van der Waals surface area (Å²) in [6.07, 6.45) is -0.205. The van der Waals surface area contributed by atoms with E-state index in [9.17, 15) is 4.79 Å². The van der Waals surface area contributed by atoms with Crippen LogP contribution in [0, 0.1) is 0 Å². The number of aliphatic hydroxyl groups is 1. The number of hydrogen-bond acceptors (Lipinski definition) is 2. The van der Waals surface area contributed by atoms with E-state index in [1.54, 1.807) is 19.1 Å². The zero-order valence-electron chi connectivity index (χ0n) is 8.53. The van der Waals surface area contributed by atoms with E-state index in [4.69, 9.17) is 16.7 Å². The first-order valence-corrected chi connectivity index (χ1v) is 5.15. The third-order valence-electron chi connectivity index (χ3n) is 1.87. The van der Waals surface area contributed by atoms with E-state index in [0.29, 0.717) is 11.4 Å². The van der Waals surface area contributed by atoms with Crippen molar-refractivity contribution in [1.29, 1.82) is 0 Å². The Morgan fingerprint density at radius 2 is 2.07 bits per heavy atom. The minimum atomic E-state index is -0.515. The van der Waals surface area contributed by atoms with E-state index in [2.05, 4.69) is 5.32 Å². The summed E-state index contributed by atoms with van der Waals surface area (Å²) < 4.78 is 0. The predicted octanol–water partition coefficient (Wildman–Crippen LogP) is 1.38. The fraction of sp³-hybridized carbons (Fsp3) is 0.364. The Balaban J connectivity index is 2.41.